The standard InChI is InChI=1S/C34H47NO7/c1-20(2)17-33-19-34(41,23(5)42-31(40)35-14-13-28(37)25-11-9-8-10-12-27(25)35)29(38)24(18-36)16-26(30(33)39)32(6,7)21(3)15-22(33)4/h8-10,12,16-17,21-23,26,29,36,38,41H,11,13-15,18-19H2,1-7H3/b24-16-/t21?,22-,23?,26?,29?,33?,34?/m1/s1. The molecule has 8 heteroatoms. The van der Waals surface area contributed by atoms with Gasteiger partial charge < -0.3 is 20.1 Å². The zero-order valence-electron chi connectivity index (χ0n) is 26.0. The number of nitrogens with zero attached hydrogens (tertiary/aromatic N) is 1. The van der Waals surface area contributed by atoms with E-state index in [9.17, 15) is 29.7 Å². The summed E-state index contributed by atoms with van der Waals surface area (Å²) in [4.78, 5) is 42.3. The minimum atomic E-state index is -2.10. The summed E-state index contributed by atoms with van der Waals surface area (Å²) in [6.45, 7) is 13.1. The first-order valence-corrected chi connectivity index (χ1v) is 15.1. The number of allylic oxidation sites excluding steroid dienone is 8. The predicted molar refractivity (Wildman–Crippen MR) is 160 cm³/mol. The van der Waals surface area contributed by atoms with Gasteiger partial charge in [0.05, 0.1) is 17.7 Å². The third-order valence-corrected chi connectivity index (χ3v) is 10.4. The molecular formula is C34H47NO7. The monoisotopic (exact) mass is 581 g/mol. The smallest absolute Gasteiger partial charge is 0.414 e. The van der Waals surface area contributed by atoms with Crippen molar-refractivity contribution in [2.24, 2.45) is 28.6 Å². The molecule has 7 atom stereocenters. The van der Waals surface area contributed by atoms with Crippen molar-refractivity contribution in [3.63, 3.8) is 0 Å². The zero-order chi connectivity index (χ0) is 31.2. The first kappa shape index (κ1) is 32.1. The first-order chi connectivity index (χ1) is 19.6. The normalized spacial score (nSPS) is 36.5. The predicted octanol–water partition coefficient (Wildman–Crippen LogP) is 4.81. The maximum atomic E-state index is 14.7. The summed E-state index contributed by atoms with van der Waals surface area (Å²) in [5.74, 6) is -0.745. The van der Waals surface area contributed by atoms with E-state index in [1.165, 1.54) is 11.8 Å². The quantitative estimate of drug-likeness (QED) is 0.407. The Balaban J connectivity index is 1.80. The zero-order valence-corrected chi connectivity index (χ0v) is 26.0. The SMILES string of the molecule is CC(C)=CC12CC(O)(C(C)OC(=O)N3CCC(=O)C4=C3C=CC=CC4)C(O)/C(CO)=C\C(C1=O)C(C)(C)C(C)C[C@H]2C. The molecule has 3 aliphatic carbocycles. The van der Waals surface area contributed by atoms with Crippen LogP contribution in [-0.4, -0.2) is 68.8 Å². The minimum absolute atomic E-state index is 0.0265. The number of aliphatic hydroxyl groups is 3. The van der Waals surface area contributed by atoms with Gasteiger partial charge in [-0.1, -0.05) is 63.6 Å². The molecular weight excluding hydrogens is 534 g/mol. The topological polar surface area (TPSA) is 124 Å². The summed E-state index contributed by atoms with van der Waals surface area (Å²) in [7, 11) is 0. The van der Waals surface area contributed by atoms with Crippen molar-refractivity contribution in [2.75, 3.05) is 13.2 Å². The van der Waals surface area contributed by atoms with E-state index in [0.29, 0.717) is 24.1 Å². The molecule has 0 saturated heterocycles. The van der Waals surface area contributed by atoms with Gasteiger partial charge in [0.15, 0.2) is 11.6 Å². The first-order valence-electron chi connectivity index (χ1n) is 15.1. The van der Waals surface area contributed by atoms with E-state index in [1.54, 1.807) is 18.2 Å². The van der Waals surface area contributed by atoms with Crippen LogP contribution in [0.5, 0.6) is 0 Å². The third kappa shape index (κ3) is 5.38. The number of carbonyl (C=O) groups is 3. The summed E-state index contributed by atoms with van der Waals surface area (Å²) in [5, 5.41) is 34.6. The highest BCUT2D eigenvalue weighted by molar-refractivity contribution is 5.99. The van der Waals surface area contributed by atoms with Crippen LogP contribution in [0.15, 0.2) is 58.9 Å². The lowest BCUT2D eigenvalue weighted by molar-refractivity contribution is -0.165. The number of hydrogen-bond donors (Lipinski definition) is 3. The average Bonchev–Trinajstić information content (AvgIpc) is 3.20. The fourth-order valence-electron chi connectivity index (χ4n) is 7.37. The molecule has 2 bridgehead atoms. The van der Waals surface area contributed by atoms with Crippen LogP contribution >= 0.6 is 0 Å². The van der Waals surface area contributed by atoms with E-state index in [4.69, 9.17) is 4.74 Å². The molecule has 0 radical (unpaired) electrons. The Labute approximate surface area is 249 Å². The second-order valence-corrected chi connectivity index (χ2v) is 13.6. The van der Waals surface area contributed by atoms with E-state index < -0.39 is 47.3 Å². The summed E-state index contributed by atoms with van der Waals surface area (Å²) < 4.78 is 5.90. The summed E-state index contributed by atoms with van der Waals surface area (Å²) in [5.41, 5.74) is -1.70. The Morgan fingerprint density at radius 3 is 2.52 bits per heavy atom. The molecule has 4 rings (SSSR count). The summed E-state index contributed by atoms with van der Waals surface area (Å²) in [6, 6.07) is 0. The Morgan fingerprint density at radius 2 is 1.88 bits per heavy atom. The van der Waals surface area contributed by atoms with Gasteiger partial charge in [-0.3, -0.25) is 14.5 Å². The van der Waals surface area contributed by atoms with E-state index in [-0.39, 0.29) is 48.4 Å². The minimum Gasteiger partial charge on any atom is -0.443 e. The molecule has 1 heterocycles. The molecule has 1 aliphatic heterocycles. The second kappa shape index (κ2) is 11.7. The lowest BCUT2D eigenvalue weighted by Gasteiger charge is -2.48. The van der Waals surface area contributed by atoms with Gasteiger partial charge in [-0.2, -0.15) is 0 Å². The van der Waals surface area contributed by atoms with Gasteiger partial charge in [0, 0.05) is 24.5 Å². The second-order valence-electron chi connectivity index (χ2n) is 13.6. The van der Waals surface area contributed by atoms with Crippen molar-refractivity contribution in [3.8, 4) is 0 Å². The van der Waals surface area contributed by atoms with Crippen LogP contribution in [0.25, 0.3) is 0 Å². The molecule has 42 heavy (non-hydrogen) atoms. The van der Waals surface area contributed by atoms with Gasteiger partial charge in [0.1, 0.15) is 17.8 Å². The van der Waals surface area contributed by atoms with Crippen molar-refractivity contribution in [1.82, 2.24) is 4.90 Å². The Morgan fingerprint density at radius 1 is 1.19 bits per heavy atom. The number of fused-ring (bicyclic) bond motifs is 2. The van der Waals surface area contributed by atoms with Crippen molar-refractivity contribution in [2.45, 2.75) is 92.0 Å². The number of aliphatic hydroxyl groups excluding tert-OH is 2. The maximum absolute atomic E-state index is 14.7. The van der Waals surface area contributed by atoms with E-state index in [1.807, 2.05) is 52.8 Å². The Hall–Kier alpha value is -2.81. The summed E-state index contributed by atoms with van der Waals surface area (Å²) >= 11 is 0. The van der Waals surface area contributed by atoms with Crippen molar-refractivity contribution in [1.29, 1.82) is 0 Å². The third-order valence-electron chi connectivity index (χ3n) is 10.4. The van der Waals surface area contributed by atoms with Gasteiger partial charge >= 0.3 is 6.09 Å². The van der Waals surface area contributed by atoms with Gasteiger partial charge in [-0.25, -0.2) is 4.79 Å². The number of rotatable bonds is 4. The van der Waals surface area contributed by atoms with Gasteiger partial charge in [0.2, 0.25) is 0 Å². The van der Waals surface area contributed by atoms with E-state index >= 15 is 0 Å². The fourth-order valence-corrected chi connectivity index (χ4v) is 7.37. The van der Waals surface area contributed by atoms with E-state index in [0.717, 1.165) is 5.57 Å². The molecule has 1 amide bonds. The van der Waals surface area contributed by atoms with Crippen molar-refractivity contribution < 1.29 is 34.4 Å². The highest BCUT2D eigenvalue weighted by Gasteiger charge is 2.60. The molecule has 0 aromatic heterocycles. The van der Waals surface area contributed by atoms with Crippen molar-refractivity contribution >= 4 is 17.7 Å². The Kier molecular flexibility index (Phi) is 8.95. The van der Waals surface area contributed by atoms with E-state index in [2.05, 4.69) is 6.92 Å². The number of carbonyl (C=O) groups excluding carboxylic acids is 3. The molecule has 6 unspecified atom stereocenters. The number of hydrogen-bond acceptors (Lipinski definition) is 7. The molecule has 3 N–H and O–H groups in total. The Bertz CT molecular complexity index is 1280. The molecule has 4 aliphatic rings. The molecule has 0 aromatic rings. The largest absolute Gasteiger partial charge is 0.443 e. The number of ether oxygens (including phenoxy) is 1. The van der Waals surface area contributed by atoms with Crippen LogP contribution in [0.4, 0.5) is 4.79 Å². The number of Topliss-reactive ketones (excluding diaryl/α,β-unsaturated/α-hetero) is 2. The van der Waals surface area contributed by atoms with Crippen LogP contribution in [-0.2, 0) is 14.3 Å². The number of ketones is 2. The average molecular weight is 582 g/mol. The highest BCUT2D eigenvalue weighted by Crippen LogP contribution is 2.56. The lowest BCUT2D eigenvalue weighted by atomic mass is 9.58. The van der Waals surface area contributed by atoms with Crippen LogP contribution in [0.1, 0.15) is 74.1 Å². The molecule has 0 aromatic carbocycles. The van der Waals surface area contributed by atoms with Crippen molar-refractivity contribution in [3.05, 3.63) is 58.9 Å². The van der Waals surface area contributed by atoms with Gasteiger partial charge in [-0.15, -0.1) is 0 Å². The maximum Gasteiger partial charge on any atom is 0.414 e. The van der Waals surface area contributed by atoms with Gasteiger partial charge in [0.25, 0.3) is 0 Å². The van der Waals surface area contributed by atoms with Crippen LogP contribution < -0.4 is 0 Å². The van der Waals surface area contributed by atoms with Crippen LogP contribution in [0.3, 0.4) is 0 Å². The molecule has 8 nitrogen and oxygen atoms in total. The molecule has 230 valence electrons. The molecule has 1 fully saturated rings. The van der Waals surface area contributed by atoms with Crippen LogP contribution in [0.2, 0.25) is 0 Å². The van der Waals surface area contributed by atoms with Crippen LogP contribution in [0, 0.1) is 28.6 Å². The summed E-state index contributed by atoms with van der Waals surface area (Å²) in [6.07, 6.45) is 8.15. The lowest BCUT2D eigenvalue weighted by Crippen LogP contribution is -2.60. The molecule has 1 saturated carbocycles. The molecule has 0 spiro atoms. The fraction of sp³-hybridized carbons (Fsp3) is 0.618. The number of amides is 1. The van der Waals surface area contributed by atoms with Gasteiger partial charge in [-0.05, 0) is 68.9 Å². The highest BCUT2D eigenvalue weighted by atomic mass is 16.6.